The van der Waals surface area contributed by atoms with Gasteiger partial charge in [0.05, 0.1) is 12.2 Å². The molecule has 1 aliphatic heterocycles. The van der Waals surface area contributed by atoms with Crippen LogP contribution < -0.4 is 10.1 Å². The SMILES string of the molecule is Cn1c(C(=O)NC2CC[C@@H](c3nnc(OCCOC(F)(F)F)o3)N(C(=O)OC(C)(C)C)C2)cc2ccc(C(F)(F)F)cc21. The van der Waals surface area contributed by atoms with Gasteiger partial charge in [0.1, 0.15) is 23.9 Å². The van der Waals surface area contributed by atoms with Crippen molar-refractivity contribution < 1.29 is 54.6 Å². The number of rotatable bonds is 7. The first kappa shape index (κ1) is 31.9. The van der Waals surface area contributed by atoms with Gasteiger partial charge in [-0.2, -0.15) is 13.2 Å². The first-order chi connectivity index (χ1) is 19.9. The molecule has 0 saturated carbocycles. The second-order valence-corrected chi connectivity index (χ2v) is 10.8. The van der Waals surface area contributed by atoms with Crippen molar-refractivity contribution in [2.24, 2.45) is 7.05 Å². The Labute approximate surface area is 241 Å². The lowest BCUT2D eigenvalue weighted by molar-refractivity contribution is -0.325. The third kappa shape index (κ3) is 8.09. The zero-order chi connectivity index (χ0) is 31.7. The van der Waals surface area contributed by atoms with E-state index in [1.54, 1.807) is 20.8 Å². The van der Waals surface area contributed by atoms with Gasteiger partial charge >= 0.3 is 24.7 Å². The Hall–Kier alpha value is -4.02. The molecule has 3 aromatic rings. The summed E-state index contributed by atoms with van der Waals surface area (Å²) in [7, 11) is 1.48. The first-order valence-electron chi connectivity index (χ1n) is 13.1. The van der Waals surface area contributed by atoms with E-state index in [0.717, 1.165) is 12.1 Å². The third-order valence-electron chi connectivity index (χ3n) is 6.43. The Balaban J connectivity index is 1.48. The van der Waals surface area contributed by atoms with Gasteiger partial charge in [-0.05, 0) is 51.8 Å². The van der Waals surface area contributed by atoms with Crippen molar-refractivity contribution in [1.29, 1.82) is 0 Å². The number of amides is 2. The van der Waals surface area contributed by atoms with Crippen LogP contribution in [0, 0.1) is 0 Å². The maximum absolute atomic E-state index is 13.2. The van der Waals surface area contributed by atoms with Crippen LogP contribution in [0.4, 0.5) is 31.1 Å². The van der Waals surface area contributed by atoms with Gasteiger partial charge < -0.3 is 23.8 Å². The maximum atomic E-state index is 13.2. The molecule has 1 unspecified atom stereocenters. The molecule has 17 heteroatoms. The van der Waals surface area contributed by atoms with E-state index in [-0.39, 0.29) is 30.1 Å². The molecule has 43 heavy (non-hydrogen) atoms. The lowest BCUT2D eigenvalue weighted by Crippen LogP contribution is -2.52. The zero-order valence-electron chi connectivity index (χ0n) is 23.5. The summed E-state index contributed by atoms with van der Waals surface area (Å²) in [4.78, 5) is 27.6. The number of fused-ring (bicyclic) bond motifs is 1. The number of aryl methyl sites for hydroxylation is 1. The number of nitrogens with one attached hydrogen (secondary N) is 1. The Kier molecular flexibility index (Phi) is 8.85. The predicted molar refractivity (Wildman–Crippen MR) is 136 cm³/mol. The van der Waals surface area contributed by atoms with E-state index in [9.17, 15) is 35.9 Å². The van der Waals surface area contributed by atoms with Crippen LogP contribution in [0.25, 0.3) is 10.9 Å². The van der Waals surface area contributed by atoms with Crippen molar-refractivity contribution in [2.75, 3.05) is 19.8 Å². The number of hydrogen-bond acceptors (Lipinski definition) is 8. The van der Waals surface area contributed by atoms with Crippen molar-refractivity contribution in [3.63, 3.8) is 0 Å². The third-order valence-corrected chi connectivity index (χ3v) is 6.43. The molecule has 4 rings (SSSR count). The summed E-state index contributed by atoms with van der Waals surface area (Å²) in [5.41, 5.74) is -1.38. The van der Waals surface area contributed by atoms with Gasteiger partial charge in [-0.15, -0.1) is 18.3 Å². The van der Waals surface area contributed by atoms with E-state index < -0.39 is 67.1 Å². The summed E-state index contributed by atoms with van der Waals surface area (Å²) in [6.07, 6.45) is -10.00. The minimum atomic E-state index is -4.82. The van der Waals surface area contributed by atoms with Gasteiger partial charge in [-0.25, -0.2) is 4.79 Å². The van der Waals surface area contributed by atoms with Crippen molar-refractivity contribution >= 4 is 22.9 Å². The van der Waals surface area contributed by atoms with Gasteiger partial charge in [0.15, 0.2) is 0 Å². The molecule has 0 bridgehead atoms. The summed E-state index contributed by atoms with van der Waals surface area (Å²) in [5.74, 6) is -0.620. The smallest absolute Gasteiger partial charge is 0.447 e. The van der Waals surface area contributed by atoms with Gasteiger partial charge in [0, 0.05) is 30.5 Å². The molecule has 1 N–H and O–H groups in total. The average molecular weight is 622 g/mol. The molecule has 0 aliphatic carbocycles. The van der Waals surface area contributed by atoms with Crippen LogP contribution in [0.1, 0.15) is 61.6 Å². The Morgan fingerprint density at radius 3 is 2.42 bits per heavy atom. The van der Waals surface area contributed by atoms with Crippen LogP contribution in [-0.2, 0) is 22.7 Å². The number of carbonyl (C=O) groups is 2. The standard InChI is InChI=1S/C26H29F6N5O6/c1-24(2,3)43-23(39)37-13-16(7-8-17(37)21-34-35-22(42-21)40-9-10-41-26(30,31)32)33-20(38)19-11-14-5-6-15(25(27,28)29)12-18(14)36(19)4/h5-6,11-12,16-17H,7-10,13H2,1-4H3,(H,33,38)/t16?,17-/m0/s1. The number of likely N-dealkylation sites (tertiary alicyclic amines) is 1. The normalized spacial score (nSPS) is 18.1. The summed E-state index contributed by atoms with van der Waals surface area (Å²) >= 11 is 0. The molecule has 1 saturated heterocycles. The highest BCUT2D eigenvalue weighted by atomic mass is 19.4. The topological polar surface area (TPSA) is 121 Å². The molecular formula is C26H29F6N5O6. The van der Waals surface area contributed by atoms with Gasteiger partial charge in [-0.1, -0.05) is 11.2 Å². The molecule has 11 nitrogen and oxygen atoms in total. The van der Waals surface area contributed by atoms with Crippen molar-refractivity contribution in [1.82, 2.24) is 25.0 Å². The minimum Gasteiger partial charge on any atom is -0.447 e. The van der Waals surface area contributed by atoms with Crippen molar-refractivity contribution in [3.8, 4) is 6.08 Å². The number of aromatic nitrogens is 3. The highest BCUT2D eigenvalue weighted by Gasteiger charge is 2.39. The number of alkyl halides is 6. The van der Waals surface area contributed by atoms with Crippen molar-refractivity contribution in [2.45, 2.75) is 63.8 Å². The largest absolute Gasteiger partial charge is 0.522 e. The highest BCUT2D eigenvalue weighted by molar-refractivity contribution is 5.99. The number of ether oxygens (including phenoxy) is 3. The minimum absolute atomic E-state index is 0.0501. The van der Waals surface area contributed by atoms with E-state index in [2.05, 4.69) is 20.3 Å². The van der Waals surface area contributed by atoms with Crippen LogP contribution in [0.3, 0.4) is 0 Å². The molecule has 236 valence electrons. The van der Waals surface area contributed by atoms with Crippen LogP contribution in [0.15, 0.2) is 28.7 Å². The predicted octanol–water partition coefficient (Wildman–Crippen LogP) is 5.37. The fourth-order valence-corrected chi connectivity index (χ4v) is 4.55. The number of halogens is 6. The lowest BCUT2D eigenvalue weighted by Gasteiger charge is -2.38. The van der Waals surface area contributed by atoms with Gasteiger partial charge in [0.2, 0.25) is 5.89 Å². The van der Waals surface area contributed by atoms with Gasteiger partial charge in [-0.3, -0.25) is 14.4 Å². The maximum Gasteiger partial charge on any atom is 0.522 e. The van der Waals surface area contributed by atoms with E-state index >= 15 is 0 Å². The molecule has 2 amide bonds. The number of benzene rings is 1. The zero-order valence-corrected chi connectivity index (χ0v) is 23.5. The van der Waals surface area contributed by atoms with E-state index in [0.29, 0.717) is 11.8 Å². The second kappa shape index (κ2) is 11.9. The fourth-order valence-electron chi connectivity index (χ4n) is 4.55. The molecule has 1 fully saturated rings. The number of hydrogen-bond donors (Lipinski definition) is 1. The molecule has 0 radical (unpaired) electrons. The number of carbonyl (C=O) groups excluding carboxylic acids is 2. The summed E-state index contributed by atoms with van der Waals surface area (Å²) < 4.78 is 97.0. The van der Waals surface area contributed by atoms with Crippen LogP contribution >= 0.6 is 0 Å². The summed E-state index contributed by atoms with van der Waals surface area (Å²) in [6, 6.07) is 3.27. The molecule has 1 aromatic carbocycles. The number of nitrogens with zero attached hydrogens (tertiary/aromatic N) is 4. The Morgan fingerprint density at radius 1 is 1.05 bits per heavy atom. The van der Waals surface area contributed by atoms with Crippen LogP contribution in [-0.4, -0.2) is 69.4 Å². The van der Waals surface area contributed by atoms with Crippen LogP contribution in [0.2, 0.25) is 0 Å². The van der Waals surface area contributed by atoms with Crippen molar-refractivity contribution in [3.05, 3.63) is 41.4 Å². The molecule has 1 aliphatic rings. The first-order valence-corrected chi connectivity index (χ1v) is 13.1. The molecule has 2 aromatic heterocycles. The Morgan fingerprint density at radius 2 is 1.77 bits per heavy atom. The second-order valence-electron chi connectivity index (χ2n) is 10.8. The molecule has 3 heterocycles. The molecule has 2 atom stereocenters. The fraction of sp³-hybridized carbons (Fsp3) is 0.538. The summed E-state index contributed by atoms with van der Waals surface area (Å²) in [6.45, 7) is 3.60. The van der Waals surface area contributed by atoms with Crippen LogP contribution in [0.5, 0.6) is 6.08 Å². The van der Waals surface area contributed by atoms with E-state index in [4.69, 9.17) is 13.9 Å². The lowest BCUT2D eigenvalue weighted by atomic mass is 9.98. The molecule has 0 spiro atoms. The van der Waals surface area contributed by atoms with E-state index in [1.807, 2.05) is 0 Å². The highest BCUT2D eigenvalue weighted by Crippen LogP contribution is 2.34. The van der Waals surface area contributed by atoms with Gasteiger partial charge in [0.25, 0.3) is 5.91 Å². The Bertz CT molecular complexity index is 1460. The monoisotopic (exact) mass is 621 g/mol. The molecular weight excluding hydrogens is 592 g/mol. The number of piperidine rings is 1. The quantitative estimate of drug-likeness (QED) is 0.276. The average Bonchev–Trinajstić information content (AvgIpc) is 3.49. The summed E-state index contributed by atoms with van der Waals surface area (Å²) in [5, 5.41) is 10.8. The van der Waals surface area contributed by atoms with E-state index in [1.165, 1.54) is 28.6 Å².